The molecule has 0 unspecified atom stereocenters. The molecule has 1 fully saturated rings. The van der Waals surface area contributed by atoms with Gasteiger partial charge < -0.3 is 10.1 Å². The fourth-order valence-corrected chi connectivity index (χ4v) is 3.15. The largest absolute Gasteiger partial charge is 0.451 e. The highest BCUT2D eigenvalue weighted by atomic mass is 32.1. The molecule has 1 aromatic rings. The number of rotatable bonds is 5. The summed E-state index contributed by atoms with van der Waals surface area (Å²) in [4.78, 5) is 33.6. The number of nitrogens with zero attached hydrogens (tertiary/aromatic N) is 1. The van der Waals surface area contributed by atoms with Crippen LogP contribution in [0.2, 0.25) is 0 Å². The van der Waals surface area contributed by atoms with Crippen molar-refractivity contribution in [2.24, 2.45) is 0 Å². The van der Waals surface area contributed by atoms with Gasteiger partial charge in [0, 0.05) is 12.1 Å². The van der Waals surface area contributed by atoms with Gasteiger partial charge in [-0.2, -0.15) is 0 Å². The molecule has 1 amide bonds. The SMILES string of the molecule is O=C(COC(=O)c1ccc([N+](=O)[O-])s1)NC1CCCCCC1. The number of nitro groups is 1. The molecule has 0 aliphatic heterocycles. The predicted molar refractivity (Wildman–Crippen MR) is 80.9 cm³/mol. The van der Waals surface area contributed by atoms with E-state index in [0.717, 1.165) is 37.0 Å². The lowest BCUT2D eigenvalue weighted by Gasteiger charge is -2.15. The van der Waals surface area contributed by atoms with Gasteiger partial charge in [-0.15, -0.1) is 0 Å². The molecule has 7 nitrogen and oxygen atoms in total. The summed E-state index contributed by atoms with van der Waals surface area (Å²) in [6.07, 6.45) is 6.50. The molecule has 0 atom stereocenters. The molecule has 1 aliphatic rings. The van der Waals surface area contributed by atoms with E-state index in [-0.39, 0.29) is 28.4 Å². The second kappa shape index (κ2) is 7.88. The maximum Gasteiger partial charge on any atom is 0.349 e. The topological polar surface area (TPSA) is 98.5 Å². The molecule has 1 aromatic heterocycles. The fraction of sp³-hybridized carbons (Fsp3) is 0.571. The zero-order valence-corrected chi connectivity index (χ0v) is 12.9. The molecule has 1 aliphatic carbocycles. The smallest absolute Gasteiger partial charge is 0.349 e. The summed E-state index contributed by atoms with van der Waals surface area (Å²) >= 11 is 0.734. The highest BCUT2D eigenvalue weighted by molar-refractivity contribution is 7.17. The van der Waals surface area contributed by atoms with Gasteiger partial charge in [0.15, 0.2) is 6.61 Å². The molecule has 0 radical (unpaired) electrons. The summed E-state index contributed by atoms with van der Waals surface area (Å²) < 4.78 is 4.89. The first-order valence-corrected chi connectivity index (χ1v) is 8.08. The van der Waals surface area contributed by atoms with E-state index < -0.39 is 10.9 Å². The van der Waals surface area contributed by atoms with E-state index in [4.69, 9.17) is 4.74 Å². The maximum atomic E-state index is 11.8. The first-order chi connectivity index (χ1) is 10.6. The Kier molecular flexibility index (Phi) is 5.88. The fourth-order valence-electron chi connectivity index (χ4n) is 2.43. The second-order valence-electron chi connectivity index (χ2n) is 5.23. The van der Waals surface area contributed by atoms with Gasteiger partial charge in [-0.1, -0.05) is 37.0 Å². The van der Waals surface area contributed by atoms with Crippen LogP contribution in [0.25, 0.3) is 0 Å². The summed E-state index contributed by atoms with van der Waals surface area (Å²) in [6, 6.07) is 2.72. The third-order valence-electron chi connectivity index (χ3n) is 3.53. The minimum absolute atomic E-state index is 0.119. The number of hydrogen-bond donors (Lipinski definition) is 1. The van der Waals surface area contributed by atoms with Crippen LogP contribution in [0.1, 0.15) is 48.2 Å². The molecular formula is C14H18N2O5S. The van der Waals surface area contributed by atoms with Crippen molar-refractivity contribution in [2.75, 3.05) is 6.61 Å². The molecule has 0 bridgehead atoms. The van der Waals surface area contributed by atoms with E-state index in [2.05, 4.69) is 5.32 Å². The van der Waals surface area contributed by atoms with Crippen molar-refractivity contribution < 1.29 is 19.2 Å². The van der Waals surface area contributed by atoms with Crippen LogP contribution in [0.3, 0.4) is 0 Å². The number of nitrogens with one attached hydrogen (secondary N) is 1. The molecule has 0 saturated heterocycles. The highest BCUT2D eigenvalue weighted by Gasteiger charge is 2.19. The molecule has 1 heterocycles. The standard InChI is InChI=1S/C14H18N2O5S/c17-12(15-10-5-3-1-2-4-6-10)9-21-14(18)11-7-8-13(22-11)16(19)20/h7-8,10H,1-6,9H2,(H,15,17). The van der Waals surface area contributed by atoms with E-state index in [9.17, 15) is 19.7 Å². The van der Waals surface area contributed by atoms with Crippen LogP contribution in [0.5, 0.6) is 0 Å². The van der Waals surface area contributed by atoms with Crippen molar-refractivity contribution in [1.29, 1.82) is 0 Å². The number of carbonyl (C=O) groups excluding carboxylic acids is 2. The Balaban J connectivity index is 1.77. The Labute approximate surface area is 131 Å². The van der Waals surface area contributed by atoms with Crippen LogP contribution in [-0.4, -0.2) is 29.4 Å². The second-order valence-corrected chi connectivity index (χ2v) is 6.29. The van der Waals surface area contributed by atoms with E-state index in [0.29, 0.717) is 0 Å². The molecule has 0 aromatic carbocycles. The van der Waals surface area contributed by atoms with Crippen LogP contribution in [-0.2, 0) is 9.53 Å². The van der Waals surface area contributed by atoms with Crippen LogP contribution in [0.4, 0.5) is 5.00 Å². The Morgan fingerprint density at radius 1 is 1.27 bits per heavy atom. The number of esters is 1. The number of hydrogen-bond acceptors (Lipinski definition) is 6. The van der Waals surface area contributed by atoms with E-state index in [1.165, 1.54) is 25.0 Å². The number of amides is 1. The molecular weight excluding hydrogens is 308 g/mol. The van der Waals surface area contributed by atoms with Crippen LogP contribution >= 0.6 is 11.3 Å². The van der Waals surface area contributed by atoms with Crippen molar-refractivity contribution in [3.8, 4) is 0 Å². The minimum atomic E-state index is -0.714. The average molecular weight is 326 g/mol. The predicted octanol–water partition coefficient (Wildman–Crippen LogP) is 2.65. The van der Waals surface area contributed by atoms with Gasteiger partial charge in [-0.3, -0.25) is 14.9 Å². The number of ether oxygens (including phenoxy) is 1. The van der Waals surface area contributed by atoms with Gasteiger partial charge in [-0.25, -0.2) is 4.79 Å². The van der Waals surface area contributed by atoms with Gasteiger partial charge in [0.25, 0.3) is 5.91 Å². The third kappa shape index (κ3) is 4.80. The van der Waals surface area contributed by atoms with Crippen molar-refractivity contribution in [2.45, 2.75) is 44.6 Å². The first-order valence-electron chi connectivity index (χ1n) is 7.27. The average Bonchev–Trinajstić information content (AvgIpc) is 2.85. The van der Waals surface area contributed by atoms with E-state index in [1.807, 2.05) is 0 Å². The maximum absolute atomic E-state index is 11.8. The lowest BCUT2D eigenvalue weighted by atomic mass is 10.1. The van der Waals surface area contributed by atoms with Crippen LogP contribution in [0.15, 0.2) is 12.1 Å². The Hall–Kier alpha value is -1.96. The lowest BCUT2D eigenvalue weighted by molar-refractivity contribution is -0.380. The normalized spacial score (nSPS) is 15.8. The van der Waals surface area contributed by atoms with Gasteiger partial charge in [0.1, 0.15) is 4.88 Å². The number of carbonyl (C=O) groups is 2. The zero-order valence-electron chi connectivity index (χ0n) is 12.1. The van der Waals surface area contributed by atoms with Crippen molar-refractivity contribution >= 4 is 28.2 Å². The Morgan fingerprint density at radius 3 is 2.55 bits per heavy atom. The highest BCUT2D eigenvalue weighted by Crippen LogP contribution is 2.24. The third-order valence-corrected chi connectivity index (χ3v) is 4.54. The lowest BCUT2D eigenvalue weighted by Crippen LogP contribution is -2.37. The Morgan fingerprint density at radius 2 is 1.95 bits per heavy atom. The summed E-state index contributed by atoms with van der Waals surface area (Å²) in [5.41, 5.74) is 0. The quantitative estimate of drug-likeness (QED) is 0.388. The van der Waals surface area contributed by atoms with Gasteiger partial charge in [-0.05, 0) is 18.9 Å². The van der Waals surface area contributed by atoms with E-state index >= 15 is 0 Å². The van der Waals surface area contributed by atoms with Crippen LogP contribution in [0, 0.1) is 10.1 Å². The van der Waals surface area contributed by atoms with Crippen LogP contribution < -0.4 is 5.32 Å². The van der Waals surface area contributed by atoms with Gasteiger partial charge >= 0.3 is 11.0 Å². The minimum Gasteiger partial charge on any atom is -0.451 e. The first kappa shape index (κ1) is 16.4. The summed E-state index contributed by atoms with van der Waals surface area (Å²) in [5, 5.41) is 13.3. The molecule has 22 heavy (non-hydrogen) atoms. The summed E-state index contributed by atoms with van der Waals surface area (Å²) in [5.74, 6) is -1.04. The summed E-state index contributed by atoms with van der Waals surface area (Å²) in [6.45, 7) is -0.360. The number of thiophene rings is 1. The van der Waals surface area contributed by atoms with Gasteiger partial charge in [0.2, 0.25) is 0 Å². The van der Waals surface area contributed by atoms with Crippen molar-refractivity contribution in [3.05, 3.63) is 27.1 Å². The van der Waals surface area contributed by atoms with Crippen molar-refractivity contribution in [1.82, 2.24) is 5.32 Å². The molecule has 1 N–H and O–H groups in total. The van der Waals surface area contributed by atoms with Crippen molar-refractivity contribution in [3.63, 3.8) is 0 Å². The molecule has 0 spiro atoms. The monoisotopic (exact) mass is 326 g/mol. The zero-order chi connectivity index (χ0) is 15.9. The van der Waals surface area contributed by atoms with Gasteiger partial charge in [0.05, 0.1) is 4.92 Å². The molecule has 8 heteroatoms. The van der Waals surface area contributed by atoms with E-state index in [1.54, 1.807) is 0 Å². The molecule has 2 rings (SSSR count). The Bertz CT molecular complexity index is 549. The molecule has 120 valence electrons. The molecule has 1 saturated carbocycles. The summed E-state index contributed by atoms with van der Waals surface area (Å²) in [7, 11) is 0.